The van der Waals surface area contributed by atoms with Crippen LogP contribution < -0.4 is 15.0 Å². The number of nitrogens with one attached hydrogen (secondary N) is 1. The van der Waals surface area contributed by atoms with Gasteiger partial charge in [0.1, 0.15) is 29.7 Å². The Morgan fingerprint density at radius 1 is 1.06 bits per heavy atom. The van der Waals surface area contributed by atoms with Gasteiger partial charge in [0, 0.05) is 37.0 Å². The van der Waals surface area contributed by atoms with Gasteiger partial charge >= 0.3 is 0 Å². The fraction of sp³-hybridized carbons (Fsp3) is 0.269. The van der Waals surface area contributed by atoms with E-state index in [0.29, 0.717) is 19.8 Å². The molecule has 1 fully saturated rings. The molecule has 1 N–H and O–H groups in total. The van der Waals surface area contributed by atoms with E-state index in [9.17, 15) is 4.79 Å². The lowest BCUT2D eigenvalue weighted by molar-refractivity contribution is -0.121. The highest BCUT2D eigenvalue weighted by molar-refractivity contribution is 5.99. The van der Waals surface area contributed by atoms with Crippen molar-refractivity contribution in [3.8, 4) is 16.9 Å². The number of anilines is 1. The van der Waals surface area contributed by atoms with Crippen molar-refractivity contribution in [2.24, 2.45) is 0 Å². The number of fused-ring (bicyclic) bond motifs is 1. The van der Waals surface area contributed by atoms with Crippen molar-refractivity contribution in [1.82, 2.24) is 19.9 Å². The molecule has 1 aliphatic rings. The Morgan fingerprint density at radius 3 is 2.62 bits per heavy atom. The minimum absolute atomic E-state index is 0.0980. The van der Waals surface area contributed by atoms with Gasteiger partial charge in [-0.1, -0.05) is 48.5 Å². The third kappa shape index (κ3) is 4.45. The normalized spacial score (nSPS) is 13.7. The summed E-state index contributed by atoms with van der Waals surface area (Å²) in [5, 5.41) is 3.02. The van der Waals surface area contributed by atoms with Crippen LogP contribution in [0, 0.1) is 0 Å². The number of rotatable bonds is 7. The molecule has 0 aliphatic carbocycles. The van der Waals surface area contributed by atoms with E-state index in [4.69, 9.17) is 9.47 Å². The first-order chi connectivity index (χ1) is 16.7. The predicted octanol–water partition coefficient (Wildman–Crippen LogP) is 3.26. The summed E-state index contributed by atoms with van der Waals surface area (Å²) in [5.41, 5.74) is 4.64. The zero-order valence-corrected chi connectivity index (χ0v) is 19.1. The summed E-state index contributed by atoms with van der Waals surface area (Å²) in [7, 11) is 1.63. The monoisotopic (exact) mass is 457 g/mol. The molecule has 34 heavy (non-hydrogen) atoms. The van der Waals surface area contributed by atoms with Crippen molar-refractivity contribution < 1.29 is 14.3 Å². The minimum Gasteiger partial charge on any atom is -0.496 e. The van der Waals surface area contributed by atoms with Crippen LogP contribution >= 0.6 is 0 Å². The average Bonchev–Trinajstić information content (AvgIpc) is 3.27. The lowest BCUT2D eigenvalue weighted by atomic mass is 10.1. The molecule has 0 saturated carbocycles. The Kier molecular flexibility index (Phi) is 6.40. The summed E-state index contributed by atoms with van der Waals surface area (Å²) in [6, 6.07) is 17.8. The smallest absolute Gasteiger partial charge is 0.240 e. The number of amides is 1. The van der Waals surface area contributed by atoms with E-state index in [0.717, 1.165) is 52.4 Å². The third-order valence-electron chi connectivity index (χ3n) is 6.01. The number of hydrogen-bond donors (Lipinski definition) is 1. The van der Waals surface area contributed by atoms with Crippen LogP contribution in [0.15, 0.2) is 67.1 Å². The molecule has 0 bridgehead atoms. The van der Waals surface area contributed by atoms with Gasteiger partial charge in [-0.05, 0) is 11.6 Å². The summed E-state index contributed by atoms with van der Waals surface area (Å²) in [4.78, 5) is 24.4. The van der Waals surface area contributed by atoms with Crippen molar-refractivity contribution in [3.63, 3.8) is 0 Å². The lowest BCUT2D eigenvalue weighted by Crippen LogP contribution is -2.37. The molecule has 5 rings (SSSR count). The summed E-state index contributed by atoms with van der Waals surface area (Å²) in [6.45, 7) is 3.34. The Hall–Kier alpha value is -3.91. The zero-order valence-electron chi connectivity index (χ0n) is 19.1. The number of carbonyl (C=O) groups excluding carboxylic acids is 1. The number of aromatic nitrogens is 3. The maximum atomic E-state index is 13.0. The highest BCUT2D eigenvalue weighted by atomic mass is 16.5. The number of hydrogen-bond acceptors (Lipinski definition) is 6. The molecule has 0 unspecified atom stereocenters. The number of morpholine rings is 1. The topological polar surface area (TPSA) is 81.5 Å². The Morgan fingerprint density at radius 2 is 1.82 bits per heavy atom. The van der Waals surface area contributed by atoms with Gasteiger partial charge in [0.25, 0.3) is 0 Å². The van der Waals surface area contributed by atoms with E-state index in [1.807, 2.05) is 53.2 Å². The predicted molar refractivity (Wildman–Crippen MR) is 131 cm³/mol. The average molecular weight is 458 g/mol. The largest absolute Gasteiger partial charge is 0.496 e. The summed E-state index contributed by atoms with van der Waals surface area (Å²) in [6.07, 6.45) is 3.60. The van der Waals surface area contributed by atoms with Gasteiger partial charge in [-0.2, -0.15) is 0 Å². The molecule has 8 heteroatoms. The highest BCUT2D eigenvalue weighted by Crippen LogP contribution is 2.33. The highest BCUT2D eigenvalue weighted by Gasteiger charge is 2.22. The van der Waals surface area contributed by atoms with Gasteiger partial charge in [0.05, 0.1) is 20.3 Å². The Bertz CT molecular complexity index is 1280. The Balaban J connectivity index is 1.48. The summed E-state index contributed by atoms with van der Waals surface area (Å²) < 4.78 is 12.9. The van der Waals surface area contributed by atoms with Crippen LogP contribution in [0.5, 0.6) is 5.75 Å². The summed E-state index contributed by atoms with van der Waals surface area (Å²) >= 11 is 0. The van der Waals surface area contributed by atoms with Crippen LogP contribution in [0.3, 0.4) is 0 Å². The Labute approximate surface area is 198 Å². The first kappa shape index (κ1) is 21.9. The van der Waals surface area contributed by atoms with Gasteiger partial charge in [-0.25, -0.2) is 9.97 Å². The molecule has 2 aromatic carbocycles. The first-order valence-electron chi connectivity index (χ1n) is 11.3. The van der Waals surface area contributed by atoms with Gasteiger partial charge in [0.15, 0.2) is 5.82 Å². The van der Waals surface area contributed by atoms with Crippen molar-refractivity contribution in [2.75, 3.05) is 38.3 Å². The molecule has 1 amide bonds. The van der Waals surface area contributed by atoms with Gasteiger partial charge in [-0.15, -0.1) is 0 Å². The van der Waals surface area contributed by atoms with Crippen LogP contribution in [-0.4, -0.2) is 53.9 Å². The molecular formula is C26H27N5O3. The van der Waals surface area contributed by atoms with E-state index in [-0.39, 0.29) is 12.5 Å². The molecule has 4 aromatic rings. The maximum Gasteiger partial charge on any atom is 0.240 e. The molecule has 0 atom stereocenters. The van der Waals surface area contributed by atoms with Crippen LogP contribution in [0.25, 0.3) is 22.2 Å². The van der Waals surface area contributed by atoms with Crippen LogP contribution in [0.2, 0.25) is 0 Å². The molecule has 1 aliphatic heterocycles. The second-order valence-electron chi connectivity index (χ2n) is 8.12. The molecular weight excluding hydrogens is 430 g/mol. The number of methoxy groups -OCH3 is 1. The van der Waals surface area contributed by atoms with Crippen molar-refractivity contribution in [2.45, 2.75) is 13.1 Å². The summed E-state index contributed by atoms with van der Waals surface area (Å²) in [5.74, 6) is 1.48. The number of nitrogens with zero attached hydrogens (tertiary/aromatic N) is 4. The molecule has 0 radical (unpaired) electrons. The van der Waals surface area contributed by atoms with Gasteiger partial charge in [0.2, 0.25) is 5.91 Å². The van der Waals surface area contributed by atoms with E-state index >= 15 is 0 Å². The van der Waals surface area contributed by atoms with E-state index in [2.05, 4.69) is 32.3 Å². The van der Waals surface area contributed by atoms with E-state index in [1.165, 1.54) is 0 Å². The lowest BCUT2D eigenvalue weighted by Gasteiger charge is -2.28. The quantitative estimate of drug-likeness (QED) is 0.459. The molecule has 2 aromatic heterocycles. The molecule has 1 saturated heterocycles. The number of carbonyl (C=O) groups is 1. The van der Waals surface area contributed by atoms with E-state index < -0.39 is 0 Å². The van der Waals surface area contributed by atoms with Crippen molar-refractivity contribution >= 4 is 22.8 Å². The van der Waals surface area contributed by atoms with Crippen LogP contribution in [0.4, 0.5) is 5.82 Å². The second kappa shape index (κ2) is 9.93. The fourth-order valence-electron chi connectivity index (χ4n) is 4.33. The van der Waals surface area contributed by atoms with Crippen LogP contribution in [0.1, 0.15) is 5.56 Å². The standard InChI is InChI=1S/C26H27N5O3/c1-33-22-10-6-5-9-20(22)15-27-23(32)17-31-16-21(19-7-3-2-4-8-19)24-25(31)26(29-18-28-24)30-11-13-34-14-12-30/h2-10,16,18H,11-15,17H2,1H3,(H,27,32). The third-order valence-corrected chi connectivity index (χ3v) is 6.01. The maximum absolute atomic E-state index is 13.0. The molecule has 0 spiro atoms. The molecule has 174 valence electrons. The van der Waals surface area contributed by atoms with Gasteiger partial charge in [-0.3, -0.25) is 4.79 Å². The number of benzene rings is 2. The van der Waals surface area contributed by atoms with Crippen molar-refractivity contribution in [3.05, 3.63) is 72.7 Å². The van der Waals surface area contributed by atoms with Crippen molar-refractivity contribution in [1.29, 1.82) is 0 Å². The zero-order chi connectivity index (χ0) is 23.3. The molecule has 8 nitrogen and oxygen atoms in total. The number of ether oxygens (including phenoxy) is 2. The second-order valence-corrected chi connectivity index (χ2v) is 8.12. The van der Waals surface area contributed by atoms with Crippen LogP contribution in [-0.2, 0) is 22.6 Å². The van der Waals surface area contributed by atoms with E-state index in [1.54, 1.807) is 13.4 Å². The SMILES string of the molecule is COc1ccccc1CNC(=O)Cn1cc(-c2ccccc2)c2ncnc(N3CCOCC3)c21. The first-order valence-corrected chi connectivity index (χ1v) is 11.3. The number of para-hydroxylation sites is 1. The van der Waals surface area contributed by atoms with Gasteiger partial charge < -0.3 is 24.3 Å². The fourth-order valence-corrected chi connectivity index (χ4v) is 4.33. The molecule has 3 heterocycles. The minimum atomic E-state index is -0.0980.